The zero-order valence-corrected chi connectivity index (χ0v) is 15.6. The van der Waals surface area contributed by atoms with Crippen molar-refractivity contribution in [1.82, 2.24) is 5.43 Å². The summed E-state index contributed by atoms with van der Waals surface area (Å²) in [7, 11) is 1.30. The second-order valence-electron chi connectivity index (χ2n) is 5.95. The molecular formula is C17H14BrN3O6. The minimum Gasteiger partial charge on any atom is -0.506 e. The Kier molecular flexibility index (Phi) is 4.27. The number of phenolic OH excluding ortho intramolecular Hbond substituents is 1. The predicted molar refractivity (Wildman–Crippen MR) is 98.6 cm³/mol. The number of nitrogens with zero attached hydrogens (tertiary/aromatic N) is 2. The van der Waals surface area contributed by atoms with Gasteiger partial charge in [0.1, 0.15) is 10.2 Å². The first-order valence-corrected chi connectivity index (χ1v) is 8.74. The summed E-state index contributed by atoms with van der Waals surface area (Å²) in [5.41, 5.74) is 4.44. The molecule has 0 aromatic heterocycles. The number of hydrazone groups is 1. The number of ether oxygens (including phenoxy) is 3. The lowest BCUT2D eigenvalue weighted by atomic mass is 9.98. The zero-order valence-electron chi connectivity index (χ0n) is 14.1. The highest BCUT2D eigenvalue weighted by molar-refractivity contribution is 9.10. The Hall–Kier alpha value is -3.01. The molecule has 9 nitrogen and oxygen atoms in total. The third-order valence-electron chi connectivity index (χ3n) is 4.44. The Balaban J connectivity index is 1.65. The molecule has 27 heavy (non-hydrogen) atoms. The van der Waals surface area contributed by atoms with Crippen LogP contribution in [0.25, 0.3) is 0 Å². The number of benzene rings is 2. The van der Waals surface area contributed by atoms with Crippen molar-refractivity contribution in [1.29, 1.82) is 0 Å². The Morgan fingerprint density at radius 2 is 2.15 bits per heavy atom. The molecule has 0 amide bonds. The third-order valence-corrected chi connectivity index (χ3v) is 5.18. The molecule has 1 unspecified atom stereocenters. The number of phenols is 1. The third kappa shape index (κ3) is 2.91. The Bertz CT molecular complexity index is 978. The molecule has 4 rings (SSSR count). The number of nitro groups is 1. The van der Waals surface area contributed by atoms with Gasteiger partial charge in [-0.3, -0.25) is 10.1 Å². The average Bonchev–Trinajstić information content (AvgIpc) is 3.31. The van der Waals surface area contributed by atoms with Crippen LogP contribution in [-0.2, 0) is 0 Å². The van der Waals surface area contributed by atoms with E-state index >= 15 is 0 Å². The van der Waals surface area contributed by atoms with E-state index in [4.69, 9.17) is 14.2 Å². The smallest absolute Gasteiger partial charge is 0.313 e. The maximum atomic E-state index is 11.3. The number of aromatic hydroxyl groups is 1. The summed E-state index contributed by atoms with van der Waals surface area (Å²) in [5.74, 6) is 1.14. The molecule has 1 atom stereocenters. The molecule has 0 saturated carbocycles. The van der Waals surface area contributed by atoms with E-state index in [1.54, 1.807) is 0 Å². The van der Waals surface area contributed by atoms with Gasteiger partial charge >= 0.3 is 5.69 Å². The highest BCUT2D eigenvalue weighted by atomic mass is 79.9. The lowest BCUT2D eigenvalue weighted by Crippen LogP contribution is -2.10. The van der Waals surface area contributed by atoms with E-state index in [2.05, 4.69) is 26.5 Å². The fourth-order valence-electron chi connectivity index (χ4n) is 3.09. The van der Waals surface area contributed by atoms with Gasteiger partial charge in [-0.15, -0.1) is 0 Å². The van der Waals surface area contributed by atoms with E-state index in [0.717, 1.165) is 5.56 Å². The highest BCUT2D eigenvalue weighted by Crippen LogP contribution is 2.45. The van der Waals surface area contributed by atoms with Crippen molar-refractivity contribution >= 4 is 27.3 Å². The summed E-state index contributed by atoms with van der Waals surface area (Å²) in [6.45, 7) is 0.191. The number of hydrogen-bond acceptors (Lipinski definition) is 8. The van der Waals surface area contributed by atoms with Gasteiger partial charge in [-0.25, -0.2) is 0 Å². The predicted octanol–water partition coefficient (Wildman–Crippen LogP) is 3.24. The van der Waals surface area contributed by atoms with E-state index in [0.29, 0.717) is 23.6 Å². The fourth-order valence-corrected chi connectivity index (χ4v) is 3.67. The minimum atomic E-state index is -0.565. The van der Waals surface area contributed by atoms with E-state index < -0.39 is 4.92 Å². The van der Waals surface area contributed by atoms with Crippen LogP contribution in [0.3, 0.4) is 0 Å². The molecule has 0 spiro atoms. The summed E-state index contributed by atoms with van der Waals surface area (Å²) < 4.78 is 15.9. The largest absolute Gasteiger partial charge is 0.506 e. The summed E-state index contributed by atoms with van der Waals surface area (Å²) in [6, 6.07) is 6.69. The van der Waals surface area contributed by atoms with Crippen LogP contribution in [0, 0.1) is 10.1 Å². The summed E-state index contributed by atoms with van der Waals surface area (Å²) in [5, 5.41) is 26.1. The van der Waals surface area contributed by atoms with E-state index in [1.165, 1.54) is 13.2 Å². The van der Waals surface area contributed by atoms with Crippen molar-refractivity contribution in [2.75, 3.05) is 13.9 Å². The molecule has 0 bridgehead atoms. The highest BCUT2D eigenvalue weighted by Gasteiger charge is 2.30. The normalized spacial score (nSPS) is 17.4. The van der Waals surface area contributed by atoms with E-state index in [1.807, 2.05) is 18.2 Å². The molecule has 2 aromatic rings. The van der Waals surface area contributed by atoms with Crippen LogP contribution in [0.2, 0.25) is 0 Å². The topological polar surface area (TPSA) is 115 Å². The molecule has 2 aromatic carbocycles. The standard InChI is InChI=1S/C17H14BrN3O6/c1-25-17-12(21(23)24)5-9(16(22)15(17)18)11-6-10(19-20-11)8-2-3-13-14(4-8)27-7-26-13/h2-5,10,19,22H,6-7H2,1H3. The van der Waals surface area contributed by atoms with Crippen LogP contribution < -0.4 is 19.6 Å². The molecule has 2 aliphatic rings. The number of nitro benzene ring substituents is 1. The maximum Gasteiger partial charge on any atom is 0.313 e. The summed E-state index contributed by atoms with van der Waals surface area (Å²) in [4.78, 5) is 10.8. The van der Waals surface area contributed by atoms with Gasteiger partial charge in [0.25, 0.3) is 0 Å². The number of methoxy groups -OCH3 is 1. The molecule has 2 aliphatic heterocycles. The van der Waals surface area contributed by atoms with Crippen molar-refractivity contribution < 1.29 is 24.2 Å². The number of rotatable bonds is 4. The van der Waals surface area contributed by atoms with Gasteiger partial charge in [0, 0.05) is 18.1 Å². The van der Waals surface area contributed by atoms with Gasteiger partial charge in [-0.2, -0.15) is 5.10 Å². The van der Waals surface area contributed by atoms with Crippen molar-refractivity contribution in [3.8, 4) is 23.0 Å². The molecule has 0 radical (unpaired) electrons. The van der Waals surface area contributed by atoms with Crippen LogP contribution in [-0.4, -0.2) is 29.6 Å². The molecule has 2 N–H and O–H groups in total. The van der Waals surface area contributed by atoms with Crippen LogP contribution >= 0.6 is 15.9 Å². The van der Waals surface area contributed by atoms with Gasteiger partial charge in [0.15, 0.2) is 11.5 Å². The van der Waals surface area contributed by atoms with E-state index in [9.17, 15) is 15.2 Å². The molecule has 10 heteroatoms. The van der Waals surface area contributed by atoms with Crippen molar-refractivity contribution in [2.45, 2.75) is 12.5 Å². The van der Waals surface area contributed by atoms with Gasteiger partial charge < -0.3 is 24.7 Å². The van der Waals surface area contributed by atoms with Crippen LogP contribution in [0.15, 0.2) is 33.8 Å². The second-order valence-corrected chi connectivity index (χ2v) is 6.75. The molecular weight excluding hydrogens is 422 g/mol. The number of hydrogen-bond donors (Lipinski definition) is 2. The van der Waals surface area contributed by atoms with Crippen LogP contribution in [0.1, 0.15) is 23.6 Å². The maximum absolute atomic E-state index is 11.3. The van der Waals surface area contributed by atoms with Gasteiger partial charge in [-0.05, 0) is 33.6 Å². The number of fused-ring (bicyclic) bond motifs is 1. The molecule has 0 fully saturated rings. The molecule has 2 heterocycles. The first-order chi connectivity index (χ1) is 13.0. The van der Waals surface area contributed by atoms with Crippen LogP contribution in [0.5, 0.6) is 23.0 Å². The molecule has 0 saturated heterocycles. The second kappa shape index (κ2) is 6.62. The van der Waals surface area contributed by atoms with Crippen LogP contribution in [0.4, 0.5) is 5.69 Å². The molecule has 140 valence electrons. The van der Waals surface area contributed by atoms with Gasteiger partial charge in [0.2, 0.25) is 12.5 Å². The monoisotopic (exact) mass is 435 g/mol. The number of halogens is 1. The van der Waals surface area contributed by atoms with Crippen molar-refractivity contribution in [2.24, 2.45) is 5.10 Å². The summed E-state index contributed by atoms with van der Waals surface area (Å²) in [6.07, 6.45) is 0.434. The fraction of sp³-hybridized carbons (Fsp3) is 0.235. The van der Waals surface area contributed by atoms with Crippen molar-refractivity contribution in [3.05, 3.63) is 50.0 Å². The Morgan fingerprint density at radius 3 is 2.89 bits per heavy atom. The summed E-state index contributed by atoms with van der Waals surface area (Å²) >= 11 is 3.17. The lowest BCUT2D eigenvalue weighted by molar-refractivity contribution is -0.385. The number of nitrogens with one attached hydrogen (secondary N) is 1. The van der Waals surface area contributed by atoms with Gasteiger partial charge in [-0.1, -0.05) is 6.07 Å². The Morgan fingerprint density at radius 1 is 1.37 bits per heavy atom. The quantitative estimate of drug-likeness (QED) is 0.559. The first kappa shape index (κ1) is 17.4. The minimum absolute atomic E-state index is 0.0415. The average molecular weight is 436 g/mol. The van der Waals surface area contributed by atoms with E-state index in [-0.39, 0.29) is 40.1 Å². The zero-order chi connectivity index (χ0) is 19.1. The first-order valence-electron chi connectivity index (χ1n) is 7.95. The SMILES string of the molecule is COc1c([N+](=O)[O-])cc(C2=NNC(c3ccc4c(c3)OCO4)C2)c(O)c1Br. The Labute approximate surface area is 161 Å². The van der Waals surface area contributed by atoms with Gasteiger partial charge in [0.05, 0.1) is 23.8 Å². The lowest BCUT2D eigenvalue weighted by Gasteiger charge is -2.12. The molecule has 0 aliphatic carbocycles. The van der Waals surface area contributed by atoms with Crippen molar-refractivity contribution in [3.63, 3.8) is 0 Å².